The minimum absolute atomic E-state index is 0.0151. The fourth-order valence-corrected chi connectivity index (χ4v) is 4.23. The highest BCUT2D eigenvalue weighted by molar-refractivity contribution is 5.94. The molecule has 16 heteroatoms. The van der Waals surface area contributed by atoms with Crippen LogP contribution in [0.2, 0.25) is 0 Å². The molecule has 0 fully saturated rings. The molecule has 1 rings (SSSR count). The molecule has 3 atom stereocenters. The van der Waals surface area contributed by atoms with E-state index < -0.39 is 35.8 Å². The van der Waals surface area contributed by atoms with Crippen molar-refractivity contribution in [2.45, 2.75) is 82.5 Å². The van der Waals surface area contributed by atoms with Crippen molar-refractivity contribution in [3.63, 3.8) is 0 Å². The van der Waals surface area contributed by atoms with Gasteiger partial charge in [0.05, 0.1) is 13.0 Å². The molecule has 44 heavy (non-hydrogen) atoms. The van der Waals surface area contributed by atoms with Crippen molar-refractivity contribution in [1.82, 2.24) is 16.0 Å². The quantitative estimate of drug-likeness (QED) is 0.0363. The first kappa shape index (κ1) is 37.6. The number of nitrogens with zero attached hydrogens (tertiary/aromatic N) is 2. The van der Waals surface area contributed by atoms with Crippen LogP contribution in [0.25, 0.3) is 0 Å². The minimum Gasteiger partial charge on any atom is -0.370 e. The van der Waals surface area contributed by atoms with Crippen LogP contribution in [0.3, 0.4) is 0 Å². The minimum atomic E-state index is -0.989. The van der Waals surface area contributed by atoms with E-state index in [1.165, 1.54) is 0 Å². The first-order valence-electron chi connectivity index (χ1n) is 14.7. The predicted molar refractivity (Wildman–Crippen MR) is 170 cm³/mol. The number of unbranched alkanes of at least 4 members (excludes halogenated alkanes) is 2. The van der Waals surface area contributed by atoms with Gasteiger partial charge < -0.3 is 56.1 Å². The molecule has 0 bridgehead atoms. The first-order chi connectivity index (χ1) is 21.0. The van der Waals surface area contributed by atoms with Crippen LogP contribution in [-0.4, -0.2) is 73.3 Å². The molecule has 16 nitrogen and oxygen atoms in total. The molecule has 0 saturated carbocycles. The lowest BCUT2D eigenvalue weighted by molar-refractivity contribution is -0.133. The summed E-state index contributed by atoms with van der Waals surface area (Å²) in [6.45, 7) is 1.40. The van der Waals surface area contributed by atoms with E-state index in [4.69, 9.17) is 40.1 Å². The normalized spacial score (nSPS) is 12.7. The van der Waals surface area contributed by atoms with Gasteiger partial charge in [0, 0.05) is 6.54 Å². The monoisotopic (exact) mass is 618 g/mol. The molecule has 0 aromatic heterocycles. The molecule has 0 unspecified atom stereocenters. The predicted octanol–water partition coefficient (Wildman–Crippen LogP) is -2.75. The average molecular weight is 619 g/mol. The SMILES string of the molecule is NCCCC[C@H](NC(=O)Cc1ccc(CN=C(N)N)cc1)C(=O)N[C@@H](CCCCN)C(=O)N[C@@H](CCCN=C(N)N)C(N)=O. The number of amides is 4. The fraction of sp³-hybridized carbons (Fsp3) is 0.571. The molecular formula is C28H50N12O4. The number of benzene rings is 1. The summed E-state index contributed by atoms with van der Waals surface area (Å²) < 4.78 is 0. The van der Waals surface area contributed by atoms with Gasteiger partial charge in [-0.25, -0.2) is 4.99 Å². The van der Waals surface area contributed by atoms with E-state index in [9.17, 15) is 19.2 Å². The van der Waals surface area contributed by atoms with Gasteiger partial charge in [0.1, 0.15) is 18.1 Å². The van der Waals surface area contributed by atoms with Gasteiger partial charge >= 0.3 is 0 Å². The molecule has 0 radical (unpaired) electrons. The van der Waals surface area contributed by atoms with Gasteiger partial charge in [0.15, 0.2) is 11.9 Å². The summed E-state index contributed by atoms with van der Waals surface area (Å²) in [7, 11) is 0. The maximum absolute atomic E-state index is 13.4. The highest BCUT2D eigenvalue weighted by Gasteiger charge is 2.28. The standard InChI is InChI=1S/C28H50N12O4/c29-13-3-1-6-21(38-23(41)16-18-9-11-19(12-10-18)17-37-28(34)35)25(43)40-22(7-2-4-14-30)26(44)39-20(24(31)42)8-5-15-36-27(32)33/h9-12,20-22H,1-8,13-17,29-30H2,(H2,31,42)(H,38,41)(H,39,44)(H,40,43)(H4,32,33,36)(H4,34,35,37)/t20-,21-,22-/m0/s1. The second kappa shape index (κ2) is 21.3. The summed E-state index contributed by atoms with van der Waals surface area (Å²) >= 11 is 0. The van der Waals surface area contributed by atoms with E-state index in [-0.39, 0.29) is 43.6 Å². The average Bonchev–Trinajstić information content (AvgIpc) is 2.97. The Morgan fingerprint density at radius 2 is 1.09 bits per heavy atom. The van der Waals surface area contributed by atoms with E-state index in [2.05, 4.69) is 25.9 Å². The van der Waals surface area contributed by atoms with E-state index in [1.54, 1.807) is 12.1 Å². The van der Waals surface area contributed by atoms with Crippen molar-refractivity contribution in [2.75, 3.05) is 19.6 Å². The number of carbonyl (C=O) groups excluding carboxylic acids is 4. The number of nitrogens with two attached hydrogens (primary N) is 7. The van der Waals surface area contributed by atoms with Gasteiger partial charge in [-0.3, -0.25) is 24.2 Å². The molecule has 0 heterocycles. The number of guanidine groups is 2. The Hall–Kier alpha value is -4.44. The van der Waals surface area contributed by atoms with Gasteiger partial charge in [-0.1, -0.05) is 24.3 Å². The number of carbonyl (C=O) groups is 4. The molecule has 0 saturated heterocycles. The maximum atomic E-state index is 13.4. The zero-order valence-corrected chi connectivity index (χ0v) is 25.3. The number of hydrogen-bond donors (Lipinski definition) is 10. The second-order valence-electron chi connectivity index (χ2n) is 10.4. The molecule has 1 aromatic rings. The number of hydrogen-bond acceptors (Lipinski definition) is 8. The van der Waals surface area contributed by atoms with Crippen molar-refractivity contribution in [3.05, 3.63) is 35.4 Å². The van der Waals surface area contributed by atoms with Crippen molar-refractivity contribution < 1.29 is 19.2 Å². The Balaban J connectivity index is 2.96. The van der Waals surface area contributed by atoms with Crippen molar-refractivity contribution in [3.8, 4) is 0 Å². The highest BCUT2D eigenvalue weighted by Crippen LogP contribution is 2.09. The van der Waals surface area contributed by atoms with E-state index >= 15 is 0 Å². The summed E-state index contributed by atoms with van der Waals surface area (Å²) in [6, 6.07) is 4.30. The zero-order chi connectivity index (χ0) is 32.9. The number of primary amides is 1. The van der Waals surface area contributed by atoms with Crippen LogP contribution in [0, 0.1) is 0 Å². The summed E-state index contributed by atoms with van der Waals surface area (Å²) in [6.07, 6.45) is 3.61. The third-order valence-electron chi connectivity index (χ3n) is 6.62. The van der Waals surface area contributed by atoms with Crippen LogP contribution in [0.1, 0.15) is 62.5 Å². The lowest BCUT2D eigenvalue weighted by Gasteiger charge is -2.25. The summed E-state index contributed by atoms with van der Waals surface area (Å²) in [5.74, 6) is -2.30. The van der Waals surface area contributed by atoms with Gasteiger partial charge in [-0.15, -0.1) is 0 Å². The molecule has 0 aliphatic rings. The van der Waals surface area contributed by atoms with Crippen molar-refractivity contribution in [2.24, 2.45) is 50.1 Å². The Kier molecular flexibility index (Phi) is 18.2. The molecule has 1 aromatic carbocycles. The Bertz CT molecular complexity index is 1100. The Morgan fingerprint density at radius 1 is 0.614 bits per heavy atom. The van der Waals surface area contributed by atoms with Gasteiger partial charge in [-0.2, -0.15) is 0 Å². The molecular weight excluding hydrogens is 568 g/mol. The summed E-state index contributed by atoms with van der Waals surface area (Å²) in [5.41, 5.74) is 39.7. The maximum Gasteiger partial charge on any atom is 0.243 e. The first-order valence-corrected chi connectivity index (χ1v) is 14.7. The van der Waals surface area contributed by atoms with Crippen molar-refractivity contribution in [1.29, 1.82) is 0 Å². The lowest BCUT2D eigenvalue weighted by atomic mass is 10.0. The van der Waals surface area contributed by atoms with Crippen molar-refractivity contribution >= 4 is 35.5 Å². The van der Waals surface area contributed by atoms with E-state index in [0.717, 1.165) is 11.1 Å². The van der Waals surface area contributed by atoms with Gasteiger partial charge in [-0.05, 0) is 75.6 Å². The molecule has 246 valence electrons. The fourth-order valence-electron chi connectivity index (χ4n) is 4.23. The molecule has 0 spiro atoms. The molecule has 0 aliphatic heterocycles. The van der Waals surface area contributed by atoms with Crippen LogP contribution in [0.15, 0.2) is 34.3 Å². The summed E-state index contributed by atoms with van der Waals surface area (Å²) in [4.78, 5) is 59.4. The largest absolute Gasteiger partial charge is 0.370 e. The number of aliphatic imine (C=N–C) groups is 2. The molecule has 4 amide bonds. The topological polar surface area (TPSA) is 311 Å². The van der Waals surface area contributed by atoms with E-state index in [1.807, 2.05) is 12.1 Å². The lowest BCUT2D eigenvalue weighted by Crippen LogP contribution is -2.56. The van der Waals surface area contributed by atoms with Gasteiger partial charge in [0.2, 0.25) is 23.6 Å². The van der Waals surface area contributed by atoms with Crippen LogP contribution in [0.5, 0.6) is 0 Å². The van der Waals surface area contributed by atoms with Crippen LogP contribution in [0.4, 0.5) is 0 Å². The van der Waals surface area contributed by atoms with Crippen LogP contribution >= 0.6 is 0 Å². The van der Waals surface area contributed by atoms with Gasteiger partial charge in [0.25, 0.3) is 0 Å². The highest BCUT2D eigenvalue weighted by atomic mass is 16.2. The van der Waals surface area contributed by atoms with Crippen LogP contribution < -0.4 is 56.1 Å². The van der Waals surface area contributed by atoms with E-state index in [0.29, 0.717) is 58.2 Å². The molecule has 0 aliphatic carbocycles. The third-order valence-corrected chi connectivity index (χ3v) is 6.62. The summed E-state index contributed by atoms with van der Waals surface area (Å²) in [5, 5.41) is 8.16. The number of nitrogens with one attached hydrogen (secondary N) is 3. The Morgan fingerprint density at radius 3 is 1.59 bits per heavy atom. The smallest absolute Gasteiger partial charge is 0.243 e. The Labute approximate surface area is 258 Å². The molecule has 17 N–H and O–H groups in total. The van der Waals surface area contributed by atoms with Crippen LogP contribution in [-0.2, 0) is 32.1 Å². The second-order valence-corrected chi connectivity index (χ2v) is 10.4. The zero-order valence-electron chi connectivity index (χ0n) is 25.3. The number of rotatable bonds is 22. The third kappa shape index (κ3) is 16.3.